The molecule has 2 heterocycles. The monoisotopic (exact) mass is 421 g/mol. The number of carbonyl (C=O) groups is 1. The van der Waals surface area contributed by atoms with Crippen LogP contribution in [0.3, 0.4) is 0 Å². The van der Waals surface area contributed by atoms with E-state index in [-0.39, 0.29) is 18.0 Å². The van der Waals surface area contributed by atoms with Gasteiger partial charge in [-0.1, -0.05) is 25.0 Å². The Morgan fingerprint density at radius 1 is 1.17 bits per heavy atom. The van der Waals surface area contributed by atoms with Crippen molar-refractivity contribution < 1.29 is 17.9 Å². The fraction of sp³-hybridized carbons (Fsp3) is 0.667. The first-order valence-electron chi connectivity index (χ1n) is 10.6. The van der Waals surface area contributed by atoms with Gasteiger partial charge in [-0.3, -0.25) is 0 Å². The molecule has 1 saturated carbocycles. The van der Waals surface area contributed by atoms with Crippen LogP contribution >= 0.6 is 0 Å². The number of ether oxygens (including phenoxy) is 1. The molecule has 2 saturated heterocycles. The first kappa shape index (κ1) is 20.5. The number of amides is 2. The molecular formula is C21H31N3O4S. The first-order chi connectivity index (χ1) is 14.0. The van der Waals surface area contributed by atoms with Crippen LogP contribution in [-0.2, 0) is 16.6 Å². The second-order valence-electron chi connectivity index (χ2n) is 8.48. The molecule has 3 fully saturated rings. The van der Waals surface area contributed by atoms with Crippen LogP contribution in [0.25, 0.3) is 0 Å². The zero-order valence-corrected chi connectivity index (χ0v) is 17.9. The third-order valence-electron chi connectivity index (χ3n) is 6.62. The lowest BCUT2D eigenvalue weighted by Gasteiger charge is -2.24. The molecule has 3 aliphatic rings. The number of likely N-dealkylation sites (tertiary alicyclic amines) is 1. The Hall–Kier alpha value is -1.80. The highest BCUT2D eigenvalue weighted by atomic mass is 32.2. The average Bonchev–Trinajstić information content (AvgIpc) is 3.21. The van der Waals surface area contributed by atoms with E-state index in [1.165, 1.54) is 12.8 Å². The summed E-state index contributed by atoms with van der Waals surface area (Å²) in [6, 6.07) is 7.82. The minimum absolute atomic E-state index is 0.0255. The van der Waals surface area contributed by atoms with Gasteiger partial charge >= 0.3 is 6.03 Å². The number of rotatable bonds is 4. The summed E-state index contributed by atoms with van der Waals surface area (Å²) in [4.78, 5) is 14.4. The van der Waals surface area contributed by atoms with Gasteiger partial charge in [-0.05, 0) is 49.3 Å². The molecule has 0 bridgehead atoms. The van der Waals surface area contributed by atoms with Crippen LogP contribution in [0.2, 0.25) is 0 Å². The van der Waals surface area contributed by atoms with Crippen molar-refractivity contribution in [2.24, 2.45) is 5.92 Å². The van der Waals surface area contributed by atoms with Crippen molar-refractivity contribution in [1.29, 1.82) is 0 Å². The second-order valence-corrected chi connectivity index (χ2v) is 10.6. The maximum atomic E-state index is 13.2. The van der Waals surface area contributed by atoms with Crippen molar-refractivity contribution in [2.45, 2.75) is 56.4 Å². The number of fused-ring (bicyclic) bond motifs is 1. The van der Waals surface area contributed by atoms with Gasteiger partial charge in [0.05, 0.1) is 12.4 Å². The number of nitrogens with zero attached hydrogens (tertiary/aromatic N) is 2. The summed E-state index contributed by atoms with van der Waals surface area (Å²) in [7, 11) is -1.76. The predicted molar refractivity (Wildman–Crippen MR) is 111 cm³/mol. The zero-order valence-electron chi connectivity index (χ0n) is 17.0. The van der Waals surface area contributed by atoms with Gasteiger partial charge < -0.3 is 15.0 Å². The smallest absolute Gasteiger partial charge is 0.317 e. The zero-order chi connectivity index (χ0) is 20.4. The van der Waals surface area contributed by atoms with Crippen LogP contribution in [0.15, 0.2) is 24.3 Å². The van der Waals surface area contributed by atoms with Crippen LogP contribution in [0.1, 0.15) is 44.1 Å². The summed E-state index contributed by atoms with van der Waals surface area (Å²) in [5.41, 5.74) is 0.932. The summed E-state index contributed by atoms with van der Waals surface area (Å²) in [5.74, 6) is 0.812. The SMILES string of the molecule is COc1cccc(CN2C[C@@H]3CCN(C(=O)NC4CCCC4)CC[C@@H]3S2(=O)=O)c1. The van der Waals surface area contributed by atoms with Gasteiger partial charge in [-0.15, -0.1) is 0 Å². The number of hydrogen-bond donors (Lipinski definition) is 1. The third-order valence-corrected chi connectivity index (χ3v) is 9.01. The van der Waals surface area contributed by atoms with Gasteiger partial charge in [0.25, 0.3) is 0 Å². The lowest BCUT2D eigenvalue weighted by Crippen LogP contribution is -2.44. The molecule has 1 aliphatic carbocycles. The lowest BCUT2D eigenvalue weighted by atomic mass is 10.0. The molecule has 0 unspecified atom stereocenters. The number of urea groups is 1. The summed E-state index contributed by atoms with van der Waals surface area (Å²) in [6.45, 7) is 2.04. The van der Waals surface area contributed by atoms with E-state index < -0.39 is 15.3 Å². The van der Waals surface area contributed by atoms with Gasteiger partial charge in [0.1, 0.15) is 5.75 Å². The number of hydrogen-bond acceptors (Lipinski definition) is 4. The molecular weight excluding hydrogens is 390 g/mol. The fourth-order valence-electron chi connectivity index (χ4n) is 4.96. The van der Waals surface area contributed by atoms with Crippen LogP contribution in [0.5, 0.6) is 5.75 Å². The average molecular weight is 422 g/mol. The third kappa shape index (κ3) is 4.38. The van der Waals surface area contributed by atoms with E-state index in [0.717, 1.165) is 30.6 Å². The molecule has 0 spiro atoms. The predicted octanol–water partition coefficient (Wildman–Crippen LogP) is 2.57. The van der Waals surface area contributed by atoms with Crippen molar-refractivity contribution >= 4 is 16.1 Å². The summed E-state index contributed by atoms with van der Waals surface area (Å²) < 4.78 is 33.2. The van der Waals surface area contributed by atoms with Gasteiger partial charge in [0.2, 0.25) is 10.0 Å². The molecule has 1 aromatic carbocycles. The summed E-state index contributed by atoms with van der Waals surface area (Å²) >= 11 is 0. The van der Waals surface area contributed by atoms with Crippen molar-refractivity contribution in [3.8, 4) is 5.75 Å². The molecule has 2 aliphatic heterocycles. The molecule has 8 heteroatoms. The van der Waals surface area contributed by atoms with Crippen molar-refractivity contribution in [2.75, 3.05) is 26.7 Å². The highest BCUT2D eigenvalue weighted by Gasteiger charge is 2.47. The highest BCUT2D eigenvalue weighted by Crippen LogP contribution is 2.35. The topological polar surface area (TPSA) is 79.0 Å². The molecule has 160 valence electrons. The van der Waals surface area contributed by atoms with E-state index >= 15 is 0 Å². The quantitative estimate of drug-likeness (QED) is 0.810. The number of carbonyl (C=O) groups excluding carboxylic acids is 1. The van der Waals surface area contributed by atoms with Gasteiger partial charge in [0.15, 0.2) is 0 Å². The van der Waals surface area contributed by atoms with Crippen LogP contribution < -0.4 is 10.1 Å². The normalized spacial score (nSPS) is 27.4. The molecule has 29 heavy (non-hydrogen) atoms. The molecule has 7 nitrogen and oxygen atoms in total. The minimum atomic E-state index is -3.37. The van der Waals surface area contributed by atoms with E-state index in [1.807, 2.05) is 29.2 Å². The Bertz CT molecular complexity index is 838. The van der Waals surface area contributed by atoms with E-state index in [1.54, 1.807) is 11.4 Å². The van der Waals surface area contributed by atoms with Crippen LogP contribution in [0, 0.1) is 5.92 Å². The lowest BCUT2D eigenvalue weighted by molar-refractivity contribution is 0.194. The Balaban J connectivity index is 1.39. The van der Waals surface area contributed by atoms with Gasteiger partial charge in [-0.2, -0.15) is 4.31 Å². The fourth-order valence-corrected chi connectivity index (χ4v) is 7.19. The second kappa shape index (κ2) is 8.52. The van der Waals surface area contributed by atoms with Crippen molar-refractivity contribution in [3.05, 3.63) is 29.8 Å². The van der Waals surface area contributed by atoms with E-state index in [9.17, 15) is 13.2 Å². The van der Waals surface area contributed by atoms with Gasteiger partial charge in [0, 0.05) is 32.2 Å². The van der Waals surface area contributed by atoms with Crippen LogP contribution in [-0.4, -0.2) is 61.7 Å². The number of nitrogens with one attached hydrogen (secondary N) is 1. The molecule has 2 amide bonds. The molecule has 0 radical (unpaired) electrons. The molecule has 1 aromatic rings. The molecule has 0 aromatic heterocycles. The molecule has 4 rings (SSSR count). The maximum Gasteiger partial charge on any atom is 0.317 e. The highest BCUT2D eigenvalue weighted by molar-refractivity contribution is 7.90. The summed E-state index contributed by atoms with van der Waals surface area (Å²) in [6.07, 6.45) is 5.71. The minimum Gasteiger partial charge on any atom is -0.497 e. The standard InChI is InChI=1S/C21H31N3O4S/c1-28-19-8-4-5-16(13-19)14-24-15-17-9-11-23(12-10-20(17)29(24,26)27)21(25)22-18-6-2-3-7-18/h4-5,8,13,17-18,20H,2-3,6-7,9-12,14-15H2,1H3,(H,22,25)/t17-,20-/m0/s1. The largest absolute Gasteiger partial charge is 0.497 e. The first-order valence-corrected chi connectivity index (χ1v) is 12.1. The number of methoxy groups -OCH3 is 1. The number of sulfonamides is 1. The van der Waals surface area contributed by atoms with E-state index in [4.69, 9.17) is 4.74 Å². The van der Waals surface area contributed by atoms with Crippen molar-refractivity contribution in [1.82, 2.24) is 14.5 Å². The van der Waals surface area contributed by atoms with Crippen molar-refractivity contribution in [3.63, 3.8) is 0 Å². The Labute approximate surface area is 173 Å². The molecule has 1 N–H and O–H groups in total. The molecule has 2 atom stereocenters. The van der Waals surface area contributed by atoms with Crippen LogP contribution in [0.4, 0.5) is 4.79 Å². The Morgan fingerprint density at radius 3 is 2.69 bits per heavy atom. The Morgan fingerprint density at radius 2 is 1.93 bits per heavy atom. The van der Waals surface area contributed by atoms with Gasteiger partial charge in [-0.25, -0.2) is 13.2 Å². The summed E-state index contributed by atoms with van der Waals surface area (Å²) in [5, 5.41) is 2.74. The van der Waals surface area contributed by atoms with E-state index in [2.05, 4.69) is 5.32 Å². The number of benzene rings is 1. The van der Waals surface area contributed by atoms with E-state index in [0.29, 0.717) is 32.6 Å². The maximum absolute atomic E-state index is 13.2. The Kier molecular flexibility index (Phi) is 6.01.